The number of ether oxygens (including phenoxy) is 2. The van der Waals surface area contributed by atoms with Crippen LogP contribution in [0.3, 0.4) is 0 Å². The first-order valence-corrected chi connectivity index (χ1v) is 9.83. The maximum Gasteiger partial charge on any atom is 0.491 e. The minimum atomic E-state index is -5.34. The molecular weight excluding hydrogens is 467 g/mol. The molecule has 0 radical (unpaired) electrons. The van der Waals surface area contributed by atoms with Crippen LogP contribution < -0.4 is 9.47 Å². The predicted molar refractivity (Wildman–Crippen MR) is 105 cm³/mol. The van der Waals surface area contributed by atoms with Crippen molar-refractivity contribution >= 4 is 22.8 Å². The highest BCUT2D eigenvalue weighted by atomic mass is 19.4. The van der Waals surface area contributed by atoms with Gasteiger partial charge in [0, 0.05) is 30.7 Å². The number of hydrogen-bond acceptors (Lipinski definition) is 7. The zero-order valence-electron chi connectivity index (χ0n) is 17.1. The molecule has 0 bridgehead atoms. The number of aromatic nitrogens is 3. The maximum atomic E-state index is 14.7. The number of rotatable bonds is 4. The number of halogens is 5. The average Bonchev–Trinajstić information content (AvgIpc) is 2.80. The highest BCUT2D eigenvalue weighted by molar-refractivity contribution is 5.92. The van der Waals surface area contributed by atoms with Crippen LogP contribution in [0.1, 0.15) is 16.9 Å². The predicted octanol–water partition coefficient (Wildman–Crippen LogP) is 3.42. The lowest BCUT2D eigenvalue weighted by molar-refractivity contribution is -0.190. The van der Waals surface area contributed by atoms with Gasteiger partial charge in [-0.05, 0) is 12.1 Å². The summed E-state index contributed by atoms with van der Waals surface area (Å²) in [6.07, 6.45) is -4.34. The van der Waals surface area contributed by atoms with E-state index in [0.29, 0.717) is 0 Å². The SMILES string of the molecule is O=C(c1cnccn1)N1CCC(F)(F)C(Oc2nc3ccccc3cc2OC(=O)C(F)(F)F)C1. The molecule has 1 unspecified atom stereocenters. The summed E-state index contributed by atoms with van der Waals surface area (Å²) in [4.78, 5) is 36.7. The van der Waals surface area contributed by atoms with Crippen molar-refractivity contribution < 1.29 is 41.0 Å². The quantitative estimate of drug-likeness (QED) is 0.416. The van der Waals surface area contributed by atoms with Crippen LogP contribution in [0.2, 0.25) is 0 Å². The van der Waals surface area contributed by atoms with E-state index in [2.05, 4.69) is 19.7 Å². The van der Waals surface area contributed by atoms with Gasteiger partial charge in [-0.1, -0.05) is 18.2 Å². The number of nitrogens with zero attached hydrogens (tertiary/aromatic N) is 4. The number of amides is 1. The van der Waals surface area contributed by atoms with Crippen LogP contribution in [-0.4, -0.2) is 63.0 Å². The summed E-state index contributed by atoms with van der Waals surface area (Å²) in [6.45, 7) is -0.938. The van der Waals surface area contributed by atoms with E-state index >= 15 is 0 Å². The zero-order valence-corrected chi connectivity index (χ0v) is 17.1. The van der Waals surface area contributed by atoms with Crippen molar-refractivity contribution in [3.63, 3.8) is 0 Å². The van der Waals surface area contributed by atoms with Crippen molar-refractivity contribution in [2.24, 2.45) is 0 Å². The van der Waals surface area contributed by atoms with Gasteiger partial charge in [0.25, 0.3) is 17.7 Å². The molecule has 4 rings (SSSR count). The van der Waals surface area contributed by atoms with Gasteiger partial charge in [0.05, 0.1) is 18.3 Å². The molecule has 0 spiro atoms. The number of likely N-dealkylation sites (tertiary alicyclic amines) is 1. The first-order valence-electron chi connectivity index (χ1n) is 9.83. The monoisotopic (exact) mass is 482 g/mol. The number of piperidine rings is 1. The number of para-hydroxylation sites is 1. The average molecular weight is 482 g/mol. The van der Waals surface area contributed by atoms with Gasteiger partial charge >= 0.3 is 12.1 Å². The van der Waals surface area contributed by atoms with Crippen molar-refractivity contribution in [2.45, 2.75) is 24.6 Å². The molecule has 2 aromatic heterocycles. The molecule has 1 fully saturated rings. The molecule has 0 saturated carbocycles. The smallest absolute Gasteiger partial charge is 0.463 e. The summed E-state index contributed by atoms with van der Waals surface area (Å²) >= 11 is 0. The van der Waals surface area contributed by atoms with Crippen LogP contribution in [-0.2, 0) is 4.79 Å². The number of benzene rings is 1. The second-order valence-electron chi connectivity index (χ2n) is 7.33. The Kier molecular flexibility index (Phi) is 6.02. The molecule has 1 aliphatic rings. The normalized spacial score (nSPS) is 17.9. The molecule has 34 heavy (non-hydrogen) atoms. The molecule has 8 nitrogen and oxygen atoms in total. The second-order valence-corrected chi connectivity index (χ2v) is 7.33. The molecule has 13 heteroatoms. The topological polar surface area (TPSA) is 94.5 Å². The molecule has 178 valence electrons. The number of alkyl halides is 5. The highest BCUT2D eigenvalue weighted by Gasteiger charge is 2.48. The molecule has 3 heterocycles. The van der Waals surface area contributed by atoms with Gasteiger partial charge in [-0.2, -0.15) is 13.2 Å². The number of carbonyl (C=O) groups excluding carboxylic acids is 2. The number of esters is 1. The summed E-state index contributed by atoms with van der Waals surface area (Å²) in [6, 6.07) is 7.11. The Balaban J connectivity index is 1.65. The third-order valence-electron chi connectivity index (χ3n) is 4.99. The van der Waals surface area contributed by atoms with Gasteiger partial charge in [0.1, 0.15) is 5.69 Å². The Morgan fingerprint density at radius 3 is 2.62 bits per heavy atom. The Labute approximate surface area is 188 Å². The minimum absolute atomic E-state index is 0.0740. The molecule has 3 aromatic rings. The van der Waals surface area contributed by atoms with Crippen molar-refractivity contribution in [3.8, 4) is 11.6 Å². The van der Waals surface area contributed by atoms with Crippen LogP contribution in [0, 0.1) is 0 Å². The summed E-state index contributed by atoms with van der Waals surface area (Å²) in [7, 11) is 0. The van der Waals surface area contributed by atoms with Crippen molar-refractivity contribution in [2.75, 3.05) is 13.1 Å². The fourth-order valence-corrected chi connectivity index (χ4v) is 3.28. The summed E-state index contributed by atoms with van der Waals surface area (Å²) in [5.41, 5.74) is 0.131. The molecular formula is C21H15F5N4O4. The molecule has 0 N–H and O–H groups in total. The Morgan fingerprint density at radius 1 is 1.15 bits per heavy atom. The molecule has 1 aromatic carbocycles. The van der Waals surface area contributed by atoms with E-state index in [1.54, 1.807) is 12.1 Å². The number of fused-ring (bicyclic) bond motifs is 1. The van der Waals surface area contributed by atoms with Crippen molar-refractivity contribution in [1.82, 2.24) is 19.9 Å². The molecule has 1 aliphatic heterocycles. The van der Waals surface area contributed by atoms with Crippen LogP contribution in [0.5, 0.6) is 11.6 Å². The lowest BCUT2D eigenvalue weighted by atomic mass is 10.0. The first-order chi connectivity index (χ1) is 16.0. The highest BCUT2D eigenvalue weighted by Crippen LogP contribution is 2.37. The van der Waals surface area contributed by atoms with E-state index in [0.717, 1.165) is 11.0 Å². The number of hydrogen-bond donors (Lipinski definition) is 0. The molecule has 0 aliphatic carbocycles. The van der Waals surface area contributed by atoms with E-state index in [1.165, 1.54) is 30.7 Å². The van der Waals surface area contributed by atoms with E-state index < -0.39 is 54.7 Å². The van der Waals surface area contributed by atoms with Gasteiger partial charge in [0.15, 0.2) is 11.9 Å². The Bertz CT molecular complexity index is 1220. The third-order valence-corrected chi connectivity index (χ3v) is 4.99. The van der Waals surface area contributed by atoms with Gasteiger partial charge in [-0.25, -0.2) is 23.5 Å². The molecule has 1 amide bonds. The Morgan fingerprint density at radius 2 is 1.91 bits per heavy atom. The van der Waals surface area contributed by atoms with Gasteiger partial charge < -0.3 is 14.4 Å². The number of carbonyl (C=O) groups is 2. The lowest BCUT2D eigenvalue weighted by Crippen LogP contribution is -2.55. The van der Waals surface area contributed by atoms with E-state index in [1.807, 2.05) is 0 Å². The van der Waals surface area contributed by atoms with E-state index in [4.69, 9.17) is 4.74 Å². The standard InChI is InChI=1S/C21H15F5N4O4/c22-20(23)5-8-30(18(31)14-10-27-6-7-28-14)11-16(20)34-17-15(33-19(32)21(24,25)26)9-12-3-1-2-4-13(12)29-17/h1-4,6-7,9-10,16H,5,8,11H2. The summed E-state index contributed by atoms with van der Waals surface area (Å²) < 4.78 is 77.3. The minimum Gasteiger partial charge on any atom is -0.463 e. The van der Waals surface area contributed by atoms with Crippen LogP contribution >= 0.6 is 0 Å². The van der Waals surface area contributed by atoms with Crippen LogP contribution in [0.15, 0.2) is 48.9 Å². The van der Waals surface area contributed by atoms with Crippen molar-refractivity contribution in [3.05, 3.63) is 54.6 Å². The largest absolute Gasteiger partial charge is 0.491 e. The molecule has 1 saturated heterocycles. The lowest BCUT2D eigenvalue weighted by Gasteiger charge is -2.37. The van der Waals surface area contributed by atoms with E-state index in [-0.39, 0.29) is 23.1 Å². The molecule has 1 atom stereocenters. The van der Waals surface area contributed by atoms with Crippen LogP contribution in [0.25, 0.3) is 10.9 Å². The fraction of sp³-hybridized carbons (Fsp3) is 0.286. The summed E-state index contributed by atoms with van der Waals surface area (Å²) in [5, 5.41) is 0.287. The van der Waals surface area contributed by atoms with Gasteiger partial charge in [-0.15, -0.1) is 0 Å². The second kappa shape index (κ2) is 8.80. The van der Waals surface area contributed by atoms with Gasteiger partial charge in [0.2, 0.25) is 0 Å². The zero-order chi connectivity index (χ0) is 24.5. The van der Waals surface area contributed by atoms with Gasteiger partial charge in [-0.3, -0.25) is 9.78 Å². The maximum absolute atomic E-state index is 14.7. The van der Waals surface area contributed by atoms with Crippen LogP contribution in [0.4, 0.5) is 22.0 Å². The Hall–Kier alpha value is -3.90. The number of pyridine rings is 1. The van der Waals surface area contributed by atoms with E-state index in [9.17, 15) is 31.5 Å². The van der Waals surface area contributed by atoms with Crippen molar-refractivity contribution in [1.29, 1.82) is 0 Å². The summed E-state index contributed by atoms with van der Waals surface area (Å²) in [5.74, 6) is -8.22. The third kappa shape index (κ3) is 4.87. The first kappa shape index (κ1) is 23.3. The fourth-order valence-electron chi connectivity index (χ4n) is 3.28.